The van der Waals surface area contributed by atoms with Crippen LogP contribution in [0.25, 0.3) is 0 Å². The lowest BCUT2D eigenvalue weighted by Crippen LogP contribution is -2.45. The molecule has 1 unspecified atom stereocenters. The largest absolute Gasteiger partial charge is 0.497 e. The van der Waals surface area contributed by atoms with E-state index in [1.165, 1.54) is 0 Å². The van der Waals surface area contributed by atoms with Gasteiger partial charge in [0.15, 0.2) is 0 Å². The van der Waals surface area contributed by atoms with Crippen LogP contribution in [0.15, 0.2) is 24.3 Å². The first-order chi connectivity index (χ1) is 9.90. The molecule has 0 amide bonds. The standard InChI is InChI=1S/C17H27N3O/c1-14(2)19-17(3,13-18)11-6-12-20(4)15-7-9-16(21-5)10-8-15/h7-10,14,19H,6,11-12H2,1-5H3. The highest BCUT2D eigenvalue weighted by atomic mass is 16.5. The van der Waals surface area contributed by atoms with Crippen LogP contribution in [0.4, 0.5) is 5.69 Å². The maximum absolute atomic E-state index is 9.33. The number of nitrogens with zero attached hydrogens (tertiary/aromatic N) is 2. The van der Waals surface area contributed by atoms with Crippen LogP contribution in [-0.2, 0) is 0 Å². The van der Waals surface area contributed by atoms with Crippen LogP contribution in [0.1, 0.15) is 33.6 Å². The highest BCUT2D eigenvalue weighted by molar-refractivity contribution is 5.48. The van der Waals surface area contributed by atoms with E-state index in [1.54, 1.807) is 7.11 Å². The number of benzene rings is 1. The van der Waals surface area contributed by atoms with Crippen LogP contribution >= 0.6 is 0 Å². The zero-order chi connectivity index (χ0) is 15.9. The molecule has 0 aliphatic rings. The Morgan fingerprint density at radius 3 is 2.43 bits per heavy atom. The van der Waals surface area contributed by atoms with Crippen molar-refractivity contribution in [1.82, 2.24) is 5.32 Å². The van der Waals surface area contributed by atoms with Gasteiger partial charge in [0.2, 0.25) is 0 Å². The van der Waals surface area contributed by atoms with Crippen molar-refractivity contribution in [2.75, 3.05) is 25.6 Å². The van der Waals surface area contributed by atoms with Crippen molar-refractivity contribution in [3.8, 4) is 11.8 Å². The minimum Gasteiger partial charge on any atom is -0.497 e. The molecule has 1 aromatic rings. The number of rotatable bonds is 8. The van der Waals surface area contributed by atoms with Crippen molar-refractivity contribution >= 4 is 5.69 Å². The summed E-state index contributed by atoms with van der Waals surface area (Å²) in [7, 11) is 3.74. The monoisotopic (exact) mass is 289 g/mol. The van der Waals surface area contributed by atoms with Crippen LogP contribution < -0.4 is 15.0 Å². The quantitative estimate of drug-likeness (QED) is 0.798. The van der Waals surface area contributed by atoms with E-state index in [4.69, 9.17) is 4.74 Å². The second-order valence-corrected chi connectivity index (χ2v) is 5.97. The van der Waals surface area contributed by atoms with E-state index in [1.807, 2.05) is 19.1 Å². The highest BCUT2D eigenvalue weighted by Gasteiger charge is 2.23. The number of nitriles is 1. The van der Waals surface area contributed by atoms with Crippen LogP contribution in [0.5, 0.6) is 5.75 Å². The van der Waals surface area contributed by atoms with Gasteiger partial charge in [-0.05, 0) is 57.9 Å². The summed E-state index contributed by atoms with van der Waals surface area (Å²) in [5.74, 6) is 0.866. The molecule has 116 valence electrons. The van der Waals surface area contributed by atoms with Gasteiger partial charge >= 0.3 is 0 Å². The molecule has 4 nitrogen and oxygen atoms in total. The maximum Gasteiger partial charge on any atom is 0.119 e. The minimum atomic E-state index is -0.449. The molecule has 0 spiro atoms. The molecule has 1 atom stereocenters. The molecule has 0 aromatic heterocycles. The van der Waals surface area contributed by atoms with E-state index in [9.17, 15) is 5.26 Å². The summed E-state index contributed by atoms with van der Waals surface area (Å²) in [5.41, 5.74) is 0.709. The first-order valence-electron chi connectivity index (χ1n) is 7.44. The predicted molar refractivity (Wildman–Crippen MR) is 87.8 cm³/mol. The summed E-state index contributed by atoms with van der Waals surface area (Å²) in [6, 6.07) is 10.7. The zero-order valence-electron chi connectivity index (χ0n) is 13.8. The van der Waals surface area contributed by atoms with Gasteiger partial charge in [-0.25, -0.2) is 0 Å². The van der Waals surface area contributed by atoms with Gasteiger partial charge in [-0.2, -0.15) is 5.26 Å². The third-order valence-electron chi connectivity index (χ3n) is 3.54. The van der Waals surface area contributed by atoms with Gasteiger partial charge in [0.05, 0.1) is 13.2 Å². The average Bonchev–Trinajstić information content (AvgIpc) is 2.46. The molecule has 0 bridgehead atoms. The van der Waals surface area contributed by atoms with Gasteiger partial charge in [-0.1, -0.05) is 0 Å². The second-order valence-electron chi connectivity index (χ2n) is 5.97. The van der Waals surface area contributed by atoms with E-state index in [0.717, 1.165) is 30.8 Å². The second kappa shape index (κ2) is 7.90. The Labute approximate surface area is 128 Å². The van der Waals surface area contributed by atoms with Crippen LogP contribution in [0.3, 0.4) is 0 Å². The molecule has 1 rings (SSSR count). The molecule has 0 fully saturated rings. The Bertz CT molecular complexity index is 464. The smallest absolute Gasteiger partial charge is 0.119 e. The lowest BCUT2D eigenvalue weighted by Gasteiger charge is -2.27. The lowest BCUT2D eigenvalue weighted by atomic mass is 9.96. The third-order valence-corrected chi connectivity index (χ3v) is 3.54. The molecule has 1 aromatic carbocycles. The molecule has 0 heterocycles. The van der Waals surface area contributed by atoms with E-state index in [-0.39, 0.29) is 0 Å². The Balaban J connectivity index is 2.48. The van der Waals surface area contributed by atoms with Crippen LogP contribution in [0, 0.1) is 11.3 Å². The first kappa shape index (κ1) is 17.3. The Hall–Kier alpha value is -1.73. The van der Waals surface area contributed by atoms with Gasteiger partial charge in [-0.3, -0.25) is 5.32 Å². The summed E-state index contributed by atoms with van der Waals surface area (Å²) in [5, 5.41) is 12.7. The van der Waals surface area contributed by atoms with Crippen molar-refractivity contribution in [1.29, 1.82) is 5.26 Å². The van der Waals surface area contributed by atoms with Gasteiger partial charge in [-0.15, -0.1) is 0 Å². The number of ether oxygens (including phenoxy) is 1. The zero-order valence-corrected chi connectivity index (χ0v) is 13.8. The molecule has 0 aliphatic carbocycles. The van der Waals surface area contributed by atoms with E-state index >= 15 is 0 Å². The molecule has 1 N–H and O–H groups in total. The summed E-state index contributed by atoms with van der Waals surface area (Å²) in [6.45, 7) is 7.03. The highest BCUT2D eigenvalue weighted by Crippen LogP contribution is 2.19. The number of anilines is 1. The van der Waals surface area contributed by atoms with Gasteiger partial charge in [0.25, 0.3) is 0 Å². The summed E-state index contributed by atoms with van der Waals surface area (Å²) < 4.78 is 5.16. The van der Waals surface area contributed by atoms with E-state index in [2.05, 4.69) is 49.3 Å². The van der Waals surface area contributed by atoms with Crippen molar-refractivity contribution in [3.63, 3.8) is 0 Å². The van der Waals surface area contributed by atoms with E-state index in [0.29, 0.717) is 6.04 Å². The molecule has 0 saturated heterocycles. The molecule has 0 saturated carbocycles. The Kier molecular flexibility index (Phi) is 6.51. The predicted octanol–water partition coefficient (Wildman–Crippen LogP) is 3.19. The summed E-state index contributed by atoms with van der Waals surface area (Å²) in [4.78, 5) is 2.20. The van der Waals surface area contributed by atoms with Gasteiger partial charge < -0.3 is 9.64 Å². The van der Waals surface area contributed by atoms with Crippen LogP contribution in [-0.4, -0.2) is 32.3 Å². The van der Waals surface area contributed by atoms with Gasteiger partial charge in [0.1, 0.15) is 11.3 Å². The molecular formula is C17H27N3O. The SMILES string of the molecule is COc1ccc(N(C)CCCC(C)(C#N)NC(C)C)cc1. The minimum absolute atomic E-state index is 0.314. The fourth-order valence-electron chi connectivity index (χ4n) is 2.43. The number of methoxy groups -OCH3 is 1. The molecular weight excluding hydrogens is 262 g/mol. The average molecular weight is 289 g/mol. The van der Waals surface area contributed by atoms with Gasteiger partial charge in [0, 0.05) is 25.3 Å². The van der Waals surface area contributed by atoms with Crippen molar-refractivity contribution in [3.05, 3.63) is 24.3 Å². The molecule has 0 radical (unpaired) electrons. The normalized spacial score (nSPS) is 13.6. The third kappa shape index (κ3) is 5.65. The Morgan fingerprint density at radius 2 is 1.95 bits per heavy atom. The van der Waals surface area contributed by atoms with Crippen molar-refractivity contribution in [2.24, 2.45) is 0 Å². The molecule has 0 aliphatic heterocycles. The maximum atomic E-state index is 9.33. The Morgan fingerprint density at radius 1 is 1.33 bits per heavy atom. The molecule has 4 heteroatoms. The fraction of sp³-hybridized carbons (Fsp3) is 0.588. The summed E-state index contributed by atoms with van der Waals surface area (Å²) in [6.07, 6.45) is 1.80. The first-order valence-corrected chi connectivity index (χ1v) is 7.44. The number of hydrogen-bond donors (Lipinski definition) is 1. The lowest BCUT2D eigenvalue weighted by molar-refractivity contribution is 0.375. The molecule has 21 heavy (non-hydrogen) atoms. The van der Waals surface area contributed by atoms with Crippen molar-refractivity contribution < 1.29 is 4.74 Å². The number of nitrogens with one attached hydrogen (secondary N) is 1. The summed E-state index contributed by atoms with van der Waals surface area (Å²) >= 11 is 0. The van der Waals surface area contributed by atoms with E-state index < -0.39 is 5.54 Å². The number of hydrogen-bond acceptors (Lipinski definition) is 4. The topological polar surface area (TPSA) is 48.3 Å². The van der Waals surface area contributed by atoms with Crippen LogP contribution in [0.2, 0.25) is 0 Å². The van der Waals surface area contributed by atoms with Crippen molar-refractivity contribution in [2.45, 2.75) is 45.2 Å². The fourth-order valence-corrected chi connectivity index (χ4v) is 2.43.